The van der Waals surface area contributed by atoms with Crippen molar-refractivity contribution in [1.82, 2.24) is 9.66 Å². The van der Waals surface area contributed by atoms with Gasteiger partial charge in [0.1, 0.15) is 18.2 Å². The van der Waals surface area contributed by atoms with Crippen LogP contribution in [0.15, 0.2) is 73.4 Å². The Labute approximate surface area is 241 Å². The van der Waals surface area contributed by atoms with Crippen LogP contribution in [-0.2, 0) is 6.61 Å². The Hall–Kier alpha value is -2.19. The van der Waals surface area contributed by atoms with E-state index in [1.54, 1.807) is 24.4 Å². The number of nitrogens with zero attached hydrogens (tertiary/aromatic N) is 3. The highest BCUT2D eigenvalue weighted by Gasteiger charge is 2.23. The Morgan fingerprint density at radius 2 is 1.84 bits per heavy atom. The van der Waals surface area contributed by atoms with Crippen molar-refractivity contribution in [3.8, 4) is 5.75 Å². The van der Waals surface area contributed by atoms with Crippen molar-refractivity contribution in [2.24, 2.45) is 5.10 Å². The van der Waals surface area contributed by atoms with Crippen LogP contribution < -0.4 is 10.3 Å². The van der Waals surface area contributed by atoms with Crippen LogP contribution in [0.2, 0.25) is 10.0 Å². The van der Waals surface area contributed by atoms with E-state index >= 15 is 0 Å². The van der Waals surface area contributed by atoms with Crippen LogP contribution in [0.25, 0.3) is 10.9 Å². The number of hydrogen-bond acceptors (Lipinski definition) is 4. The Bertz CT molecular complexity index is 1550. The van der Waals surface area contributed by atoms with Crippen molar-refractivity contribution in [1.29, 1.82) is 0 Å². The zero-order valence-electron chi connectivity index (χ0n) is 19.8. The summed E-state index contributed by atoms with van der Waals surface area (Å²) in [6.45, 7) is 0.263. The fourth-order valence-electron chi connectivity index (χ4n) is 4.62. The molecule has 5 nitrogen and oxygen atoms in total. The molecule has 0 spiro atoms. The molecule has 5 rings (SSSR count). The smallest absolute Gasteiger partial charge is 0.282 e. The van der Waals surface area contributed by atoms with Crippen molar-refractivity contribution < 1.29 is 4.74 Å². The summed E-state index contributed by atoms with van der Waals surface area (Å²) in [4.78, 5) is 18.5. The molecule has 0 radical (unpaired) electrons. The van der Waals surface area contributed by atoms with E-state index in [9.17, 15) is 4.79 Å². The molecule has 190 valence electrons. The van der Waals surface area contributed by atoms with E-state index in [-0.39, 0.29) is 18.1 Å². The van der Waals surface area contributed by atoms with E-state index in [2.05, 4.69) is 37.0 Å². The third-order valence-electron chi connectivity index (χ3n) is 6.48. The number of hydrogen-bond donors (Lipinski definition) is 0. The molecule has 0 aliphatic heterocycles. The predicted octanol–water partition coefficient (Wildman–Crippen LogP) is 8.74. The summed E-state index contributed by atoms with van der Waals surface area (Å²) >= 11 is 19.7. The quantitative estimate of drug-likeness (QED) is 0.194. The summed E-state index contributed by atoms with van der Waals surface area (Å²) in [5, 5.41) is 6.31. The van der Waals surface area contributed by atoms with Gasteiger partial charge in [0.05, 0.1) is 21.6 Å². The summed E-state index contributed by atoms with van der Waals surface area (Å²) in [6, 6.07) is 16.6. The molecule has 0 N–H and O–H groups in total. The minimum Gasteiger partial charge on any atom is -0.487 e. The lowest BCUT2D eigenvalue weighted by Gasteiger charge is -2.22. The first kappa shape index (κ1) is 26.4. The van der Waals surface area contributed by atoms with Crippen LogP contribution in [0.4, 0.5) is 0 Å². The normalized spacial score (nSPS) is 14.5. The largest absolute Gasteiger partial charge is 0.487 e. The maximum Gasteiger partial charge on any atom is 0.282 e. The van der Waals surface area contributed by atoms with Gasteiger partial charge in [-0.1, -0.05) is 76.6 Å². The molecule has 0 bridgehead atoms. The Morgan fingerprint density at radius 3 is 2.62 bits per heavy atom. The number of halogens is 4. The van der Waals surface area contributed by atoms with E-state index in [1.165, 1.54) is 11.1 Å². The zero-order valence-corrected chi connectivity index (χ0v) is 24.4. The molecule has 1 aliphatic rings. The SMILES string of the molecule is O=c1c2cc(Br)ccc2nc(C2CCCCC2)n1N=Cc1cc(Cl)cc(Br)c1OCc1ccccc1Cl. The molecule has 0 saturated heterocycles. The summed E-state index contributed by atoms with van der Waals surface area (Å²) in [6.07, 6.45) is 7.01. The Balaban J connectivity index is 1.58. The molecule has 0 unspecified atom stereocenters. The number of fused-ring (bicyclic) bond motifs is 1. The van der Waals surface area contributed by atoms with Crippen LogP contribution in [-0.4, -0.2) is 15.9 Å². The van der Waals surface area contributed by atoms with Gasteiger partial charge in [0.15, 0.2) is 0 Å². The van der Waals surface area contributed by atoms with E-state index in [0.717, 1.165) is 35.7 Å². The first-order valence-electron chi connectivity index (χ1n) is 12.0. The van der Waals surface area contributed by atoms with Gasteiger partial charge in [-0.15, -0.1) is 0 Å². The van der Waals surface area contributed by atoms with Crippen LogP contribution in [0.5, 0.6) is 5.75 Å². The minimum absolute atomic E-state index is 0.175. The summed E-state index contributed by atoms with van der Waals surface area (Å²) < 4.78 is 9.08. The van der Waals surface area contributed by atoms with Crippen molar-refractivity contribution in [2.45, 2.75) is 44.6 Å². The highest BCUT2D eigenvalue weighted by molar-refractivity contribution is 9.10. The average molecular weight is 664 g/mol. The van der Waals surface area contributed by atoms with Gasteiger partial charge in [0, 0.05) is 31.6 Å². The van der Waals surface area contributed by atoms with Crippen molar-refractivity contribution in [2.75, 3.05) is 0 Å². The lowest BCUT2D eigenvalue weighted by molar-refractivity contribution is 0.304. The van der Waals surface area contributed by atoms with Crippen LogP contribution in [0.1, 0.15) is 55.0 Å². The lowest BCUT2D eigenvalue weighted by atomic mass is 9.88. The maximum atomic E-state index is 13.6. The van der Waals surface area contributed by atoms with Crippen LogP contribution >= 0.6 is 55.1 Å². The van der Waals surface area contributed by atoms with Crippen molar-refractivity contribution >= 4 is 72.2 Å². The Morgan fingerprint density at radius 1 is 1.05 bits per heavy atom. The highest BCUT2D eigenvalue weighted by Crippen LogP contribution is 2.34. The second-order valence-corrected chi connectivity index (χ2v) is 11.6. The van der Waals surface area contributed by atoms with Gasteiger partial charge < -0.3 is 4.74 Å². The van der Waals surface area contributed by atoms with Gasteiger partial charge in [-0.3, -0.25) is 4.79 Å². The van der Waals surface area contributed by atoms with Gasteiger partial charge in [-0.25, -0.2) is 4.98 Å². The third kappa shape index (κ3) is 5.95. The standard InChI is InChI=1S/C28H23Br2Cl2N3O2/c29-20-10-11-25-22(13-20)28(36)35(27(34-25)17-6-2-1-3-7-17)33-15-19-12-21(31)14-23(30)26(19)37-16-18-8-4-5-9-24(18)32/h4-5,8-15,17H,1-3,6-7,16H2. The van der Waals surface area contributed by atoms with Gasteiger partial charge in [0.2, 0.25) is 0 Å². The fourth-order valence-corrected chi connectivity index (χ4v) is 6.12. The van der Waals surface area contributed by atoms with Gasteiger partial charge in [-0.2, -0.15) is 9.78 Å². The molecule has 4 aromatic rings. The first-order valence-corrected chi connectivity index (χ1v) is 14.4. The Kier molecular flexibility index (Phi) is 8.34. The van der Waals surface area contributed by atoms with Crippen molar-refractivity contribution in [3.63, 3.8) is 0 Å². The molecule has 9 heteroatoms. The molecule has 1 fully saturated rings. The van der Waals surface area contributed by atoms with Crippen LogP contribution in [0.3, 0.4) is 0 Å². The minimum atomic E-state index is -0.206. The maximum absolute atomic E-state index is 13.6. The second-order valence-electron chi connectivity index (χ2n) is 9.01. The average Bonchev–Trinajstić information content (AvgIpc) is 2.89. The molecule has 3 aromatic carbocycles. The molecular formula is C28H23Br2Cl2N3O2. The van der Waals surface area contributed by atoms with Gasteiger partial charge in [0.25, 0.3) is 5.56 Å². The molecule has 37 heavy (non-hydrogen) atoms. The predicted molar refractivity (Wildman–Crippen MR) is 157 cm³/mol. The molecule has 0 atom stereocenters. The lowest BCUT2D eigenvalue weighted by Crippen LogP contribution is -2.25. The van der Waals surface area contributed by atoms with Crippen LogP contribution in [0, 0.1) is 0 Å². The first-order chi connectivity index (χ1) is 17.9. The zero-order chi connectivity index (χ0) is 25.9. The third-order valence-corrected chi connectivity index (χ3v) is 8.15. The van der Waals surface area contributed by atoms with E-state index in [1.807, 2.05) is 36.4 Å². The number of rotatable bonds is 6. The molecule has 0 amide bonds. The second kappa shape index (κ2) is 11.7. The van der Waals surface area contributed by atoms with Crippen molar-refractivity contribution in [3.05, 3.63) is 101 Å². The topological polar surface area (TPSA) is 56.5 Å². The summed E-state index contributed by atoms with van der Waals surface area (Å²) in [5.74, 6) is 1.42. The van der Waals surface area contributed by atoms with Gasteiger partial charge >= 0.3 is 0 Å². The monoisotopic (exact) mass is 661 g/mol. The number of benzene rings is 3. The highest BCUT2D eigenvalue weighted by atomic mass is 79.9. The van der Waals surface area contributed by atoms with Gasteiger partial charge in [-0.05, 0) is 65.2 Å². The number of aromatic nitrogens is 2. The molecule has 1 aromatic heterocycles. The molecule has 1 heterocycles. The van der Waals surface area contributed by atoms with E-state index in [4.69, 9.17) is 32.9 Å². The molecule has 1 aliphatic carbocycles. The van der Waals surface area contributed by atoms with E-state index < -0.39 is 0 Å². The number of ether oxygens (including phenoxy) is 1. The summed E-state index contributed by atoms with van der Waals surface area (Å²) in [7, 11) is 0. The van der Waals surface area contributed by atoms with E-state index in [0.29, 0.717) is 42.6 Å². The summed E-state index contributed by atoms with van der Waals surface area (Å²) in [5.41, 5.74) is 1.95. The molecule has 1 saturated carbocycles. The fraction of sp³-hybridized carbons (Fsp3) is 0.250. The molecular weight excluding hydrogens is 641 g/mol.